The van der Waals surface area contributed by atoms with Crippen molar-refractivity contribution in [2.75, 3.05) is 20.2 Å². The minimum Gasteiger partial charge on any atom is -0.495 e. The van der Waals surface area contributed by atoms with Crippen molar-refractivity contribution in [3.63, 3.8) is 0 Å². The Bertz CT molecular complexity index is 904. The summed E-state index contributed by atoms with van der Waals surface area (Å²) in [4.78, 5) is 13.2. The first-order valence-corrected chi connectivity index (χ1v) is 13.2. The van der Waals surface area contributed by atoms with Crippen LogP contribution >= 0.6 is 0 Å². The monoisotopic (exact) mass is 448 g/mol. The van der Waals surface area contributed by atoms with Crippen LogP contribution < -0.4 is 10.1 Å². The molecule has 4 aliphatic rings. The summed E-state index contributed by atoms with van der Waals surface area (Å²) in [5, 5.41) is 3.24. The van der Waals surface area contributed by atoms with E-state index in [0.717, 1.165) is 17.8 Å². The Hall–Kier alpha value is -1.60. The van der Waals surface area contributed by atoms with Crippen molar-refractivity contribution >= 4 is 15.9 Å². The topological polar surface area (TPSA) is 75.7 Å². The van der Waals surface area contributed by atoms with Crippen molar-refractivity contribution in [2.24, 2.45) is 23.2 Å². The number of rotatable bonds is 8. The lowest BCUT2D eigenvalue weighted by atomic mass is 9.48. The van der Waals surface area contributed by atoms with Crippen LogP contribution in [0.1, 0.15) is 69.7 Å². The number of carbonyl (C=O) groups excluding carboxylic acids is 1. The summed E-state index contributed by atoms with van der Waals surface area (Å²) in [6.45, 7) is 6.47. The lowest BCUT2D eigenvalue weighted by molar-refractivity contribution is -0.0688. The average Bonchev–Trinajstić information content (AvgIpc) is 2.72. The molecule has 0 heterocycles. The molecule has 6 nitrogen and oxygen atoms in total. The zero-order chi connectivity index (χ0) is 22.4. The molecule has 7 heteroatoms. The quantitative estimate of drug-likeness (QED) is 0.651. The molecule has 0 aliphatic heterocycles. The molecule has 1 N–H and O–H groups in total. The Balaban J connectivity index is 1.56. The third-order valence-corrected chi connectivity index (χ3v) is 10.2. The summed E-state index contributed by atoms with van der Waals surface area (Å²) in [5.74, 6) is 2.51. The number of hydrogen-bond acceptors (Lipinski definition) is 4. The number of nitrogens with one attached hydrogen (secondary N) is 1. The average molecular weight is 449 g/mol. The summed E-state index contributed by atoms with van der Waals surface area (Å²) in [7, 11) is -2.29. The second-order valence-electron chi connectivity index (χ2n) is 9.93. The smallest absolute Gasteiger partial charge is 0.251 e. The number of ether oxygens (including phenoxy) is 1. The van der Waals surface area contributed by atoms with Crippen LogP contribution in [0.25, 0.3) is 0 Å². The Labute approximate surface area is 186 Å². The number of nitrogens with zero attached hydrogens (tertiary/aromatic N) is 1. The maximum atomic E-state index is 13.2. The van der Waals surface area contributed by atoms with E-state index in [-0.39, 0.29) is 28.0 Å². The third kappa shape index (κ3) is 3.99. The molecule has 4 fully saturated rings. The summed E-state index contributed by atoms with van der Waals surface area (Å²) in [5.41, 5.74) is 0.565. The number of carbonyl (C=O) groups is 1. The van der Waals surface area contributed by atoms with Gasteiger partial charge in [0.2, 0.25) is 10.0 Å². The Morgan fingerprint density at radius 2 is 1.68 bits per heavy atom. The van der Waals surface area contributed by atoms with E-state index < -0.39 is 10.0 Å². The molecule has 172 valence electrons. The molecule has 1 atom stereocenters. The highest BCUT2D eigenvalue weighted by molar-refractivity contribution is 7.89. The van der Waals surface area contributed by atoms with E-state index in [1.807, 2.05) is 0 Å². The van der Waals surface area contributed by atoms with Crippen LogP contribution in [-0.4, -0.2) is 44.9 Å². The predicted octanol–water partition coefficient (Wildman–Crippen LogP) is 4.06. The molecule has 4 aliphatic carbocycles. The fourth-order valence-corrected chi connectivity index (χ4v) is 8.50. The zero-order valence-corrected chi connectivity index (χ0v) is 20.0. The Kier molecular flexibility index (Phi) is 6.12. The molecule has 1 amide bonds. The van der Waals surface area contributed by atoms with E-state index in [4.69, 9.17) is 4.74 Å². The SMILES string of the molecule is CCN(CC)S(=O)(=O)c1cc(C(=O)N[C@H](C)C23CC4CC(CC(C4)C2)C3)ccc1OC. The highest BCUT2D eigenvalue weighted by Crippen LogP contribution is 2.61. The van der Waals surface area contributed by atoms with Gasteiger partial charge in [0.05, 0.1) is 7.11 Å². The molecule has 5 rings (SSSR count). The van der Waals surface area contributed by atoms with E-state index >= 15 is 0 Å². The number of benzene rings is 1. The number of hydrogen-bond donors (Lipinski definition) is 1. The highest BCUT2D eigenvalue weighted by Gasteiger charge is 2.53. The van der Waals surface area contributed by atoms with Crippen LogP contribution in [0.5, 0.6) is 5.75 Å². The number of sulfonamides is 1. The first kappa shape index (κ1) is 22.6. The first-order valence-electron chi connectivity index (χ1n) is 11.7. The number of methoxy groups -OCH3 is 1. The molecule has 31 heavy (non-hydrogen) atoms. The van der Waals surface area contributed by atoms with Crippen molar-refractivity contribution in [2.45, 2.75) is 70.2 Å². The Morgan fingerprint density at radius 3 is 2.16 bits per heavy atom. The van der Waals surface area contributed by atoms with Gasteiger partial charge < -0.3 is 10.1 Å². The fraction of sp³-hybridized carbons (Fsp3) is 0.708. The van der Waals surface area contributed by atoms with E-state index in [9.17, 15) is 13.2 Å². The number of amides is 1. The predicted molar refractivity (Wildman–Crippen MR) is 121 cm³/mol. The maximum absolute atomic E-state index is 13.2. The van der Waals surface area contributed by atoms with E-state index in [1.165, 1.54) is 56.0 Å². The molecular weight excluding hydrogens is 412 g/mol. The highest BCUT2D eigenvalue weighted by atomic mass is 32.2. The second-order valence-corrected chi connectivity index (χ2v) is 11.8. The van der Waals surface area contributed by atoms with Gasteiger partial charge in [-0.1, -0.05) is 13.8 Å². The Morgan fingerprint density at radius 1 is 1.13 bits per heavy atom. The lowest BCUT2D eigenvalue weighted by Gasteiger charge is -2.59. The van der Waals surface area contributed by atoms with Crippen molar-refractivity contribution in [3.8, 4) is 5.75 Å². The van der Waals surface area contributed by atoms with Gasteiger partial charge in [0.15, 0.2) is 0 Å². The molecule has 1 aromatic rings. The molecular formula is C24H36N2O4S. The molecule has 0 unspecified atom stereocenters. The molecule has 0 saturated heterocycles. The maximum Gasteiger partial charge on any atom is 0.251 e. The van der Waals surface area contributed by atoms with Gasteiger partial charge in [-0.05, 0) is 86.8 Å². The zero-order valence-electron chi connectivity index (χ0n) is 19.2. The standard InChI is InChI=1S/C24H36N2O4S/c1-5-26(6-2)31(28,29)22-12-20(7-8-21(22)30-4)23(27)25-16(3)24-13-17-9-18(14-24)11-19(10-17)15-24/h7-8,12,16-19H,5-6,9-11,13-15H2,1-4H3,(H,25,27)/t16-,17?,18?,19?,24?/m1/s1. The van der Waals surface area contributed by atoms with E-state index in [0.29, 0.717) is 18.7 Å². The van der Waals surface area contributed by atoms with Crippen LogP contribution in [0, 0.1) is 23.2 Å². The van der Waals surface area contributed by atoms with Gasteiger partial charge in [-0.15, -0.1) is 0 Å². The molecule has 0 aromatic heterocycles. The van der Waals surface area contributed by atoms with Gasteiger partial charge in [-0.3, -0.25) is 4.79 Å². The van der Waals surface area contributed by atoms with Crippen molar-refractivity contribution in [3.05, 3.63) is 23.8 Å². The van der Waals surface area contributed by atoms with Crippen molar-refractivity contribution in [1.82, 2.24) is 9.62 Å². The molecule has 4 saturated carbocycles. The summed E-state index contributed by atoms with van der Waals surface area (Å²) < 4.78 is 32.9. The molecule has 4 bridgehead atoms. The van der Waals surface area contributed by atoms with Crippen molar-refractivity contribution in [1.29, 1.82) is 0 Å². The first-order chi connectivity index (χ1) is 14.7. The molecule has 0 radical (unpaired) electrons. The normalized spacial score (nSPS) is 30.4. The second kappa shape index (κ2) is 8.39. The lowest BCUT2D eigenvalue weighted by Crippen LogP contribution is -2.55. The summed E-state index contributed by atoms with van der Waals surface area (Å²) in [6, 6.07) is 4.79. The minimum absolute atomic E-state index is 0.0498. The van der Waals surface area contributed by atoms with Crippen LogP contribution in [0.2, 0.25) is 0 Å². The summed E-state index contributed by atoms with van der Waals surface area (Å²) >= 11 is 0. The van der Waals surface area contributed by atoms with Crippen LogP contribution in [0.4, 0.5) is 0 Å². The molecule has 0 spiro atoms. The third-order valence-electron chi connectivity index (χ3n) is 8.10. The molecule has 1 aromatic carbocycles. The van der Waals surface area contributed by atoms with E-state index in [2.05, 4.69) is 12.2 Å². The summed E-state index contributed by atoms with van der Waals surface area (Å²) in [6.07, 6.45) is 7.74. The van der Waals surface area contributed by atoms with Crippen LogP contribution in [0.3, 0.4) is 0 Å². The van der Waals surface area contributed by atoms with Gasteiger partial charge in [0, 0.05) is 24.7 Å². The van der Waals surface area contributed by atoms with Gasteiger partial charge in [-0.2, -0.15) is 4.31 Å². The van der Waals surface area contributed by atoms with Gasteiger partial charge >= 0.3 is 0 Å². The van der Waals surface area contributed by atoms with Gasteiger partial charge in [0.1, 0.15) is 10.6 Å². The largest absolute Gasteiger partial charge is 0.495 e. The van der Waals surface area contributed by atoms with E-state index in [1.54, 1.807) is 26.0 Å². The minimum atomic E-state index is -3.74. The van der Waals surface area contributed by atoms with Gasteiger partial charge in [-0.25, -0.2) is 8.42 Å². The van der Waals surface area contributed by atoms with Crippen LogP contribution in [0.15, 0.2) is 23.1 Å². The van der Waals surface area contributed by atoms with Crippen molar-refractivity contribution < 1.29 is 17.9 Å². The fourth-order valence-electron chi connectivity index (χ4n) is 6.86. The van der Waals surface area contributed by atoms with Gasteiger partial charge in [0.25, 0.3) is 5.91 Å². The van der Waals surface area contributed by atoms with Crippen LogP contribution in [-0.2, 0) is 10.0 Å².